The summed E-state index contributed by atoms with van der Waals surface area (Å²) in [4.78, 5) is 8.05. The van der Waals surface area contributed by atoms with Gasteiger partial charge in [0.25, 0.3) is 0 Å². The fourth-order valence-corrected chi connectivity index (χ4v) is 4.00. The highest BCUT2D eigenvalue weighted by Gasteiger charge is 2.29. The van der Waals surface area contributed by atoms with Gasteiger partial charge in [0.15, 0.2) is 5.96 Å². The number of likely N-dealkylation sites (N-methyl/N-ethyl adjacent to an activating group) is 1. The molecular formula is C20H27N3OS. The van der Waals surface area contributed by atoms with Crippen molar-refractivity contribution in [2.45, 2.75) is 18.9 Å². The minimum Gasteiger partial charge on any atom is -0.373 e. The van der Waals surface area contributed by atoms with Crippen LogP contribution < -0.4 is 5.32 Å². The Morgan fingerprint density at radius 1 is 1.28 bits per heavy atom. The number of benzene rings is 1. The molecule has 1 fully saturated rings. The molecule has 0 amide bonds. The van der Waals surface area contributed by atoms with E-state index < -0.39 is 0 Å². The van der Waals surface area contributed by atoms with E-state index in [0.717, 1.165) is 38.5 Å². The molecule has 0 aliphatic carbocycles. The topological polar surface area (TPSA) is 36.9 Å². The van der Waals surface area contributed by atoms with Crippen molar-refractivity contribution in [2.75, 3.05) is 33.8 Å². The maximum absolute atomic E-state index is 5.98. The first-order chi connectivity index (χ1) is 12.3. The normalized spacial score (nSPS) is 20.6. The summed E-state index contributed by atoms with van der Waals surface area (Å²) >= 11 is 1.81. The van der Waals surface area contributed by atoms with Crippen LogP contribution in [0.5, 0.6) is 0 Å². The van der Waals surface area contributed by atoms with Gasteiger partial charge in [0.1, 0.15) is 0 Å². The SMILES string of the molecule is CN=C(NCC1CCOC1c1ccccc1)N(C)CCc1cccs1. The van der Waals surface area contributed by atoms with Crippen molar-refractivity contribution < 1.29 is 4.74 Å². The number of hydrogen-bond acceptors (Lipinski definition) is 3. The Labute approximate surface area is 154 Å². The highest BCUT2D eigenvalue weighted by atomic mass is 32.1. The molecule has 2 unspecified atom stereocenters. The first-order valence-corrected chi connectivity index (χ1v) is 9.76. The molecule has 1 aliphatic rings. The molecular weight excluding hydrogens is 330 g/mol. The van der Waals surface area contributed by atoms with Gasteiger partial charge in [-0.3, -0.25) is 4.99 Å². The van der Waals surface area contributed by atoms with Gasteiger partial charge in [0.2, 0.25) is 0 Å². The Kier molecular flexibility index (Phi) is 6.48. The van der Waals surface area contributed by atoms with Crippen LogP contribution in [-0.2, 0) is 11.2 Å². The smallest absolute Gasteiger partial charge is 0.193 e. The van der Waals surface area contributed by atoms with E-state index in [-0.39, 0.29) is 6.10 Å². The van der Waals surface area contributed by atoms with Crippen molar-refractivity contribution in [1.82, 2.24) is 10.2 Å². The third kappa shape index (κ3) is 4.83. The highest BCUT2D eigenvalue weighted by Crippen LogP contribution is 2.33. The second-order valence-corrected chi connectivity index (χ2v) is 7.46. The number of nitrogens with one attached hydrogen (secondary N) is 1. The molecule has 1 aromatic carbocycles. The average Bonchev–Trinajstić information content (AvgIpc) is 3.33. The lowest BCUT2D eigenvalue weighted by Gasteiger charge is -2.25. The van der Waals surface area contributed by atoms with Gasteiger partial charge in [-0.25, -0.2) is 0 Å². The molecule has 2 aromatic rings. The number of hydrogen-bond donors (Lipinski definition) is 1. The van der Waals surface area contributed by atoms with Gasteiger partial charge in [-0.05, 0) is 29.9 Å². The number of guanidine groups is 1. The van der Waals surface area contributed by atoms with Gasteiger partial charge < -0.3 is 15.0 Å². The van der Waals surface area contributed by atoms with E-state index in [1.807, 2.05) is 18.4 Å². The van der Waals surface area contributed by atoms with E-state index >= 15 is 0 Å². The minimum absolute atomic E-state index is 0.184. The lowest BCUT2D eigenvalue weighted by molar-refractivity contribution is 0.0914. The molecule has 1 aromatic heterocycles. The summed E-state index contributed by atoms with van der Waals surface area (Å²) in [6.45, 7) is 2.68. The molecule has 2 atom stereocenters. The summed E-state index contributed by atoms with van der Waals surface area (Å²) in [5.74, 6) is 1.43. The quantitative estimate of drug-likeness (QED) is 0.634. The van der Waals surface area contributed by atoms with Gasteiger partial charge in [-0.1, -0.05) is 36.4 Å². The van der Waals surface area contributed by atoms with Crippen molar-refractivity contribution in [1.29, 1.82) is 0 Å². The fourth-order valence-electron chi connectivity index (χ4n) is 3.30. The van der Waals surface area contributed by atoms with Gasteiger partial charge in [-0.2, -0.15) is 0 Å². The fraction of sp³-hybridized carbons (Fsp3) is 0.450. The van der Waals surface area contributed by atoms with Gasteiger partial charge in [0.05, 0.1) is 6.10 Å². The summed E-state index contributed by atoms with van der Waals surface area (Å²) in [6.07, 6.45) is 2.32. The van der Waals surface area contributed by atoms with Crippen LogP contribution in [-0.4, -0.2) is 44.7 Å². The predicted octanol–water partition coefficient (Wildman–Crippen LogP) is 3.58. The maximum Gasteiger partial charge on any atom is 0.193 e. The second kappa shape index (κ2) is 9.02. The summed E-state index contributed by atoms with van der Waals surface area (Å²) in [7, 11) is 3.95. The van der Waals surface area contributed by atoms with Crippen molar-refractivity contribution >= 4 is 17.3 Å². The zero-order valence-electron chi connectivity index (χ0n) is 15.0. The molecule has 1 aliphatic heterocycles. The van der Waals surface area contributed by atoms with Gasteiger partial charge in [-0.15, -0.1) is 11.3 Å². The third-order valence-corrected chi connectivity index (χ3v) is 5.65. The van der Waals surface area contributed by atoms with Crippen LogP contribution in [0.4, 0.5) is 0 Å². The zero-order valence-corrected chi connectivity index (χ0v) is 15.8. The maximum atomic E-state index is 5.98. The summed E-state index contributed by atoms with van der Waals surface area (Å²) in [5.41, 5.74) is 1.27. The molecule has 0 bridgehead atoms. The van der Waals surface area contributed by atoms with E-state index in [1.165, 1.54) is 10.4 Å². The Hall–Kier alpha value is -1.85. The second-order valence-electron chi connectivity index (χ2n) is 6.43. The summed E-state index contributed by atoms with van der Waals surface area (Å²) in [6, 6.07) is 14.8. The Morgan fingerprint density at radius 3 is 2.84 bits per heavy atom. The molecule has 5 heteroatoms. The molecule has 0 radical (unpaired) electrons. The van der Waals surface area contributed by atoms with Gasteiger partial charge >= 0.3 is 0 Å². The lowest BCUT2D eigenvalue weighted by atomic mass is 9.95. The lowest BCUT2D eigenvalue weighted by Crippen LogP contribution is -2.42. The summed E-state index contributed by atoms with van der Waals surface area (Å²) in [5, 5.41) is 5.67. The number of aliphatic imine (C=N–C) groups is 1. The number of nitrogens with zero attached hydrogens (tertiary/aromatic N) is 2. The van der Waals surface area contributed by atoms with Crippen LogP contribution in [0.3, 0.4) is 0 Å². The highest BCUT2D eigenvalue weighted by molar-refractivity contribution is 7.09. The van der Waals surface area contributed by atoms with Crippen molar-refractivity contribution in [3.63, 3.8) is 0 Å². The van der Waals surface area contributed by atoms with E-state index in [0.29, 0.717) is 5.92 Å². The minimum atomic E-state index is 0.184. The molecule has 1 N–H and O–H groups in total. The van der Waals surface area contributed by atoms with Crippen LogP contribution in [0.25, 0.3) is 0 Å². The van der Waals surface area contributed by atoms with Crippen molar-refractivity contribution in [3.8, 4) is 0 Å². The summed E-state index contributed by atoms with van der Waals surface area (Å²) < 4.78 is 5.98. The van der Waals surface area contributed by atoms with Crippen LogP contribution in [0.2, 0.25) is 0 Å². The Bertz CT molecular complexity index is 657. The third-order valence-electron chi connectivity index (χ3n) is 4.71. The van der Waals surface area contributed by atoms with Gasteiger partial charge in [0, 0.05) is 44.6 Å². The van der Waals surface area contributed by atoms with E-state index in [1.54, 1.807) is 0 Å². The molecule has 134 valence electrons. The number of ether oxygens (including phenoxy) is 1. The van der Waals surface area contributed by atoms with Crippen LogP contribution in [0.1, 0.15) is 23.0 Å². The molecule has 2 heterocycles. The first-order valence-electron chi connectivity index (χ1n) is 8.88. The predicted molar refractivity (Wildman–Crippen MR) is 105 cm³/mol. The van der Waals surface area contributed by atoms with Crippen LogP contribution >= 0.6 is 11.3 Å². The Morgan fingerprint density at radius 2 is 2.12 bits per heavy atom. The molecule has 4 nitrogen and oxygen atoms in total. The molecule has 0 spiro atoms. The average molecular weight is 358 g/mol. The molecule has 0 saturated carbocycles. The van der Waals surface area contributed by atoms with E-state index in [2.05, 4.69) is 70.1 Å². The Balaban J connectivity index is 1.51. The van der Waals surface area contributed by atoms with Crippen LogP contribution in [0, 0.1) is 5.92 Å². The molecule has 1 saturated heterocycles. The van der Waals surface area contributed by atoms with E-state index in [4.69, 9.17) is 4.74 Å². The van der Waals surface area contributed by atoms with Crippen LogP contribution in [0.15, 0.2) is 52.8 Å². The molecule has 25 heavy (non-hydrogen) atoms. The molecule has 3 rings (SSSR count). The number of rotatable bonds is 6. The zero-order chi connectivity index (χ0) is 17.5. The van der Waals surface area contributed by atoms with E-state index in [9.17, 15) is 0 Å². The number of thiophene rings is 1. The first kappa shape index (κ1) is 18.0. The van der Waals surface area contributed by atoms with Crippen molar-refractivity contribution in [3.05, 3.63) is 58.3 Å². The monoisotopic (exact) mass is 357 g/mol. The largest absolute Gasteiger partial charge is 0.373 e. The van der Waals surface area contributed by atoms with Crippen molar-refractivity contribution in [2.24, 2.45) is 10.9 Å². The standard InChI is InChI=1S/C20H27N3OS/c1-21-20(23(2)12-10-18-9-6-14-25-18)22-15-17-11-13-24-19(17)16-7-4-3-5-8-16/h3-9,14,17,19H,10-13,15H2,1-2H3,(H,21,22).